The molecule has 18 heavy (non-hydrogen) atoms. The molecule has 6 nitrogen and oxygen atoms in total. The van der Waals surface area contributed by atoms with Crippen molar-refractivity contribution in [3.05, 3.63) is 39.9 Å². The zero-order chi connectivity index (χ0) is 13.5. The van der Waals surface area contributed by atoms with Crippen molar-refractivity contribution in [2.24, 2.45) is 5.41 Å². The number of rotatable bonds is 2. The molecular weight excluding hydrogens is 234 g/mol. The van der Waals surface area contributed by atoms with Gasteiger partial charge < -0.3 is 4.90 Å². The topological polar surface area (TPSA) is 85.8 Å². The van der Waals surface area contributed by atoms with Crippen molar-refractivity contribution >= 4 is 17.3 Å². The van der Waals surface area contributed by atoms with Gasteiger partial charge >= 0.3 is 0 Å². The van der Waals surface area contributed by atoms with E-state index in [1.807, 2.05) is 0 Å². The fraction of sp³-hybridized carbons (Fsp3) is 0.333. The van der Waals surface area contributed by atoms with E-state index in [0.29, 0.717) is 11.3 Å². The Hall–Kier alpha value is -2.24. The highest BCUT2D eigenvalue weighted by atomic mass is 16.6. The first-order valence-corrected chi connectivity index (χ1v) is 5.43. The molecule has 0 aliphatic carbocycles. The van der Waals surface area contributed by atoms with Gasteiger partial charge in [0.05, 0.1) is 11.4 Å². The molecule has 1 atom stereocenters. The molecule has 6 heteroatoms. The molecule has 1 amide bonds. The summed E-state index contributed by atoms with van der Waals surface area (Å²) in [6, 6.07) is 6.79. The average Bonchev–Trinajstić information content (AvgIpc) is 2.33. The fourth-order valence-corrected chi connectivity index (χ4v) is 2.25. The predicted octanol–water partition coefficient (Wildman–Crippen LogP) is 0.535. The van der Waals surface area contributed by atoms with Crippen LogP contribution < -0.4 is 10.3 Å². The molecule has 1 aliphatic heterocycles. The minimum absolute atomic E-state index is 0.238. The Morgan fingerprint density at radius 1 is 1.44 bits per heavy atom. The third kappa shape index (κ3) is 1.57. The maximum absolute atomic E-state index is 12.2. The first-order chi connectivity index (χ1) is 8.38. The Kier molecular flexibility index (Phi) is 2.65. The SMILES string of the molecule is CN1C(=O)[C@](C)(C[N+](=O)[O-])C(=[N])c2ccccc21. The first kappa shape index (κ1) is 12.2. The summed E-state index contributed by atoms with van der Waals surface area (Å²) in [5.41, 5.74) is -0.727. The van der Waals surface area contributed by atoms with E-state index in [-0.39, 0.29) is 5.71 Å². The molecule has 0 saturated carbocycles. The first-order valence-electron chi connectivity index (χ1n) is 5.43. The van der Waals surface area contributed by atoms with Gasteiger partial charge in [-0.3, -0.25) is 14.9 Å². The molecule has 0 bridgehead atoms. The fourth-order valence-electron chi connectivity index (χ4n) is 2.25. The van der Waals surface area contributed by atoms with Crippen LogP contribution >= 0.6 is 0 Å². The second kappa shape index (κ2) is 3.90. The quantitative estimate of drug-likeness (QED) is 0.563. The highest BCUT2D eigenvalue weighted by Crippen LogP contribution is 2.36. The second-order valence-electron chi connectivity index (χ2n) is 4.55. The molecule has 1 aromatic carbocycles. The summed E-state index contributed by atoms with van der Waals surface area (Å²) in [6.45, 7) is 0.760. The summed E-state index contributed by atoms with van der Waals surface area (Å²) in [5.74, 6) is -0.476. The number of carbonyl (C=O) groups excluding carboxylic acids is 1. The standard InChI is InChI=1S/C12H12N3O3/c1-12(7-15(17)18)10(13)8-5-3-4-6-9(8)14(2)11(12)16/h3-6H,7H2,1-2H3/t12-/m1/s1. The second-order valence-corrected chi connectivity index (χ2v) is 4.55. The zero-order valence-electron chi connectivity index (χ0n) is 10.1. The Morgan fingerprint density at radius 3 is 2.67 bits per heavy atom. The number of fused-ring (bicyclic) bond motifs is 1. The lowest BCUT2D eigenvalue weighted by molar-refractivity contribution is -0.488. The molecule has 1 heterocycles. The van der Waals surface area contributed by atoms with Gasteiger partial charge in [-0.2, -0.15) is 5.41 Å². The Labute approximate surface area is 104 Å². The van der Waals surface area contributed by atoms with E-state index in [0.717, 1.165) is 0 Å². The van der Waals surface area contributed by atoms with Crippen LogP contribution in [0, 0.1) is 15.5 Å². The van der Waals surface area contributed by atoms with Gasteiger partial charge in [-0.05, 0) is 13.0 Å². The minimum atomic E-state index is -1.51. The van der Waals surface area contributed by atoms with Crippen LogP contribution in [0.2, 0.25) is 0 Å². The molecule has 1 aliphatic rings. The largest absolute Gasteiger partial charge is 0.314 e. The lowest BCUT2D eigenvalue weighted by Crippen LogP contribution is -2.54. The molecule has 0 spiro atoms. The highest BCUT2D eigenvalue weighted by molar-refractivity contribution is 6.25. The van der Waals surface area contributed by atoms with E-state index >= 15 is 0 Å². The van der Waals surface area contributed by atoms with Crippen molar-refractivity contribution in [1.29, 1.82) is 0 Å². The van der Waals surface area contributed by atoms with Crippen LogP contribution in [-0.2, 0) is 4.79 Å². The smallest absolute Gasteiger partial charge is 0.245 e. The normalized spacial score (nSPS) is 22.9. The van der Waals surface area contributed by atoms with Crippen molar-refractivity contribution in [2.45, 2.75) is 6.92 Å². The summed E-state index contributed by atoms with van der Waals surface area (Å²) < 4.78 is 0. The third-order valence-corrected chi connectivity index (χ3v) is 3.27. The number of amides is 1. The van der Waals surface area contributed by atoms with Crippen LogP contribution in [0.5, 0.6) is 0 Å². The van der Waals surface area contributed by atoms with Gasteiger partial charge in [-0.1, -0.05) is 18.2 Å². The van der Waals surface area contributed by atoms with Crippen LogP contribution in [0.4, 0.5) is 5.69 Å². The van der Waals surface area contributed by atoms with Crippen molar-refractivity contribution in [1.82, 2.24) is 5.41 Å². The molecule has 0 N–H and O–H groups in total. The van der Waals surface area contributed by atoms with Crippen molar-refractivity contribution in [3.8, 4) is 0 Å². The van der Waals surface area contributed by atoms with E-state index in [9.17, 15) is 20.3 Å². The van der Waals surface area contributed by atoms with Gasteiger partial charge in [0.2, 0.25) is 12.5 Å². The number of anilines is 1. The van der Waals surface area contributed by atoms with Crippen LogP contribution in [-0.4, -0.2) is 30.1 Å². The summed E-state index contributed by atoms with van der Waals surface area (Å²) in [6.07, 6.45) is 0. The molecule has 0 saturated heterocycles. The van der Waals surface area contributed by atoms with Gasteiger partial charge in [0.15, 0.2) is 5.41 Å². The van der Waals surface area contributed by atoms with Gasteiger partial charge in [-0.15, -0.1) is 0 Å². The number of hydrogen-bond acceptors (Lipinski definition) is 3. The summed E-state index contributed by atoms with van der Waals surface area (Å²) in [4.78, 5) is 23.6. The monoisotopic (exact) mass is 246 g/mol. The van der Waals surface area contributed by atoms with Crippen LogP contribution in [0.15, 0.2) is 24.3 Å². The lowest BCUT2D eigenvalue weighted by Gasteiger charge is -2.36. The van der Waals surface area contributed by atoms with E-state index in [1.54, 1.807) is 31.3 Å². The molecule has 0 aromatic heterocycles. The molecule has 93 valence electrons. The summed E-state index contributed by atoms with van der Waals surface area (Å²) >= 11 is 0. The minimum Gasteiger partial charge on any atom is -0.314 e. The van der Waals surface area contributed by atoms with Gasteiger partial charge in [0.25, 0.3) is 0 Å². The Morgan fingerprint density at radius 2 is 2.06 bits per heavy atom. The predicted molar refractivity (Wildman–Crippen MR) is 66.1 cm³/mol. The van der Waals surface area contributed by atoms with Crippen molar-refractivity contribution < 1.29 is 9.72 Å². The zero-order valence-corrected chi connectivity index (χ0v) is 10.1. The Balaban J connectivity index is 2.58. The molecule has 0 fully saturated rings. The van der Waals surface area contributed by atoms with Gasteiger partial charge in [0, 0.05) is 17.5 Å². The third-order valence-electron chi connectivity index (χ3n) is 3.27. The lowest BCUT2D eigenvalue weighted by atomic mass is 9.76. The van der Waals surface area contributed by atoms with Crippen LogP contribution in [0.3, 0.4) is 0 Å². The van der Waals surface area contributed by atoms with E-state index in [4.69, 9.17) is 0 Å². The van der Waals surface area contributed by atoms with Crippen molar-refractivity contribution in [2.75, 3.05) is 18.5 Å². The number of carbonyl (C=O) groups is 1. The maximum atomic E-state index is 12.2. The molecule has 1 aromatic rings. The molecular formula is C12H12N3O3. The summed E-state index contributed by atoms with van der Waals surface area (Å²) in [5, 5.41) is 20.9. The van der Waals surface area contributed by atoms with E-state index in [1.165, 1.54) is 11.8 Å². The average molecular weight is 246 g/mol. The maximum Gasteiger partial charge on any atom is 0.245 e. The van der Waals surface area contributed by atoms with E-state index in [2.05, 4.69) is 0 Å². The number of para-hydroxylation sites is 1. The number of nitro groups is 1. The molecule has 0 unspecified atom stereocenters. The number of nitrogens with zero attached hydrogens (tertiary/aromatic N) is 3. The number of benzene rings is 1. The molecule has 2 rings (SSSR count). The summed E-state index contributed by atoms with van der Waals surface area (Å²) in [7, 11) is 1.55. The van der Waals surface area contributed by atoms with Gasteiger partial charge in [-0.25, -0.2) is 0 Å². The Bertz CT molecular complexity index is 555. The van der Waals surface area contributed by atoms with Crippen LogP contribution in [0.25, 0.3) is 0 Å². The molecule has 1 radical (unpaired) electrons. The van der Waals surface area contributed by atoms with Crippen molar-refractivity contribution in [3.63, 3.8) is 0 Å². The van der Waals surface area contributed by atoms with Crippen LogP contribution in [0.1, 0.15) is 12.5 Å². The number of hydrogen-bond donors (Lipinski definition) is 0. The van der Waals surface area contributed by atoms with Gasteiger partial charge in [0.1, 0.15) is 0 Å². The van der Waals surface area contributed by atoms with E-state index < -0.39 is 22.8 Å². The highest BCUT2D eigenvalue weighted by Gasteiger charge is 2.50.